The van der Waals surface area contributed by atoms with Gasteiger partial charge in [0.1, 0.15) is 0 Å². The Hall–Kier alpha value is -0.0800. The van der Waals surface area contributed by atoms with Crippen molar-refractivity contribution in [1.29, 1.82) is 0 Å². The molecule has 0 radical (unpaired) electrons. The third-order valence-electron chi connectivity index (χ3n) is 6.74. The lowest BCUT2D eigenvalue weighted by Crippen LogP contribution is -2.58. The van der Waals surface area contributed by atoms with E-state index in [4.69, 9.17) is 5.73 Å². The molecule has 0 unspecified atom stereocenters. The molecule has 5 saturated carbocycles. The summed E-state index contributed by atoms with van der Waals surface area (Å²) in [5.41, 5.74) is 5.95. The molecule has 0 atom stereocenters. The summed E-state index contributed by atoms with van der Waals surface area (Å²) in [6.07, 6.45) is 13.6. The van der Waals surface area contributed by atoms with Gasteiger partial charge in [0.05, 0.1) is 0 Å². The Labute approximate surface area is 118 Å². The predicted octanol–water partition coefficient (Wildman–Crippen LogP) is 3.01. The van der Waals surface area contributed by atoms with Gasteiger partial charge in [-0.15, -0.1) is 0 Å². The van der Waals surface area contributed by atoms with Gasteiger partial charge >= 0.3 is 0 Å². The molecular weight excluding hydrogens is 232 g/mol. The second-order valence-electron chi connectivity index (χ2n) is 7.89. The van der Waals surface area contributed by atoms with Gasteiger partial charge in [-0.3, -0.25) is 4.90 Å². The molecule has 5 aliphatic rings. The molecule has 5 fully saturated rings. The number of rotatable bonds is 4. The Morgan fingerprint density at radius 2 is 1.42 bits per heavy atom. The van der Waals surface area contributed by atoms with Crippen molar-refractivity contribution in [2.75, 3.05) is 13.1 Å². The maximum Gasteiger partial charge on any atom is 0.0156 e. The van der Waals surface area contributed by atoms with Gasteiger partial charge in [-0.1, -0.05) is 12.8 Å². The summed E-state index contributed by atoms with van der Waals surface area (Å²) in [6.45, 7) is 2.02. The second kappa shape index (κ2) is 5.04. The van der Waals surface area contributed by atoms with Crippen LogP contribution in [-0.4, -0.2) is 30.1 Å². The molecule has 19 heavy (non-hydrogen) atoms. The Balaban J connectivity index is 1.55. The minimum Gasteiger partial charge on any atom is -0.329 e. The van der Waals surface area contributed by atoms with E-state index in [1.807, 2.05) is 0 Å². The fraction of sp³-hybridized carbons (Fsp3) is 1.00. The molecule has 2 heteroatoms. The summed E-state index contributed by atoms with van der Waals surface area (Å²) in [4.78, 5) is 2.90. The van der Waals surface area contributed by atoms with E-state index in [9.17, 15) is 0 Å². The summed E-state index contributed by atoms with van der Waals surface area (Å²) < 4.78 is 0. The minimum atomic E-state index is 0.860. The Morgan fingerprint density at radius 3 is 1.95 bits per heavy atom. The van der Waals surface area contributed by atoms with E-state index in [2.05, 4.69) is 4.90 Å². The zero-order valence-corrected chi connectivity index (χ0v) is 12.3. The van der Waals surface area contributed by atoms with Crippen LogP contribution in [0.15, 0.2) is 0 Å². The Bertz CT molecular complexity index is 293. The van der Waals surface area contributed by atoms with E-state index in [0.717, 1.165) is 48.8 Å². The average Bonchev–Trinajstić information content (AvgIpc) is 2.89. The molecule has 4 bridgehead atoms. The molecule has 0 saturated heterocycles. The molecule has 0 aromatic carbocycles. The molecule has 0 heterocycles. The van der Waals surface area contributed by atoms with E-state index >= 15 is 0 Å². The predicted molar refractivity (Wildman–Crippen MR) is 78.8 cm³/mol. The Kier molecular flexibility index (Phi) is 3.35. The summed E-state index contributed by atoms with van der Waals surface area (Å²) >= 11 is 0. The number of nitrogens with two attached hydrogens (primary N) is 1. The van der Waals surface area contributed by atoms with Gasteiger partial charge < -0.3 is 5.73 Å². The molecule has 2 N–H and O–H groups in total. The fourth-order valence-corrected chi connectivity index (χ4v) is 6.40. The van der Waals surface area contributed by atoms with Crippen molar-refractivity contribution in [2.24, 2.45) is 29.4 Å². The van der Waals surface area contributed by atoms with Crippen molar-refractivity contribution in [3.63, 3.8) is 0 Å². The molecule has 5 rings (SSSR count). The van der Waals surface area contributed by atoms with Gasteiger partial charge in [0.25, 0.3) is 0 Å². The zero-order chi connectivity index (χ0) is 12.8. The molecule has 0 amide bonds. The van der Waals surface area contributed by atoms with Crippen LogP contribution in [0.3, 0.4) is 0 Å². The van der Waals surface area contributed by atoms with Crippen molar-refractivity contribution in [3.8, 4) is 0 Å². The monoisotopic (exact) mass is 262 g/mol. The van der Waals surface area contributed by atoms with Crippen LogP contribution in [-0.2, 0) is 0 Å². The molecule has 108 valence electrons. The SMILES string of the molecule is NCCN(C1CCCC1)C1C2CC3CC(C2)CC1C3. The topological polar surface area (TPSA) is 29.3 Å². The van der Waals surface area contributed by atoms with Crippen molar-refractivity contribution in [2.45, 2.75) is 69.9 Å². The third-order valence-corrected chi connectivity index (χ3v) is 6.74. The first-order chi connectivity index (χ1) is 9.35. The van der Waals surface area contributed by atoms with Crippen LogP contribution in [0, 0.1) is 23.7 Å². The quantitative estimate of drug-likeness (QED) is 0.844. The standard InChI is InChI=1S/C17H30N2/c18-5-6-19(16-3-1-2-4-16)17-14-8-12-7-13(10-14)11-15(17)9-12/h12-17H,1-11,18H2. The highest BCUT2D eigenvalue weighted by molar-refractivity contribution is 5.03. The lowest BCUT2D eigenvalue weighted by atomic mass is 9.53. The number of hydrogen-bond donors (Lipinski definition) is 1. The van der Waals surface area contributed by atoms with Crippen LogP contribution in [0.25, 0.3) is 0 Å². The van der Waals surface area contributed by atoms with E-state index in [0.29, 0.717) is 0 Å². The van der Waals surface area contributed by atoms with E-state index < -0.39 is 0 Å². The maximum absolute atomic E-state index is 5.95. The second-order valence-corrected chi connectivity index (χ2v) is 7.89. The van der Waals surface area contributed by atoms with Gasteiger partial charge in [-0.25, -0.2) is 0 Å². The van der Waals surface area contributed by atoms with E-state index in [-0.39, 0.29) is 0 Å². The first-order valence-corrected chi connectivity index (χ1v) is 8.81. The van der Waals surface area contributed by atoms with E-state index in [1.54, 1.807) is 32.1 Å². The number of nitrogens with zero attached hydrogens (tertiary/aromatic N) is 1. The molecule has 5 aliphatic carbocycles. The lowest BCUT2D eigenvalue weighted by molar-refractivity contribution is -0.0769. The molecule has 0 aromatic heterocycles. The number of hydrogen-bond acceptors (Lipinski definition) is 2. The highest BCUT2D eigenvalue weighted by atomic mass is 15.2. The maximum atomic E-state index is 5.95. The summed E-state index contributed by atoms with van der Waals surface area (Å²) in [6, 6.07) is 1.80. The molecule has 0 aliphatic heterocycles. The van der Waals surface area contributed by atoms with E-state index in [1.165, 1.54) is 25.7 Å². The van der Waals surface area contributed by atoms with Crippen LogP contribution < -0.4 is 5.73 Å². The van der Waals surface area contributed by atoms with Crippen LogP contribution >= 0.6 is 0 Å². The van der Waals surface area contributed by atoms with Gasteiger partial charge in [0.2, 0.25) is 0 Å². The molecule has 0 aromatic rings. The van der Waals surface area contributed by atoms with Gasteiger partial charge in [-0.05, 0) is 68.6 Å². The van der Waals surface area contributed by atoms with Gasteiger partial charge in [0, 0.05) is 25.2 Å². The van der Waals surface area contributed by atoms with Crippen molar-refractivity contribution in [3.05, 3.63) is 0 Å². The van der Waals surface area contributed by atoms with Gasteiger partial charge in [0.15, 0.2) is 0 Å². The fourth-order valence-electron chi connectivity index (χ4n) is 6.40. The normalized spacial score (nSPS) is 45.5. The highest BCUT2D eigenvalue weighted by Crippen LogP contribution is 2.55. The first-order valence-electron chi connectivity index (χ1n) is 8.81. The average molecular weight is 262 g/mol. The lowest BCUT2D eigenvalue weighted by Gasteiger charge is -2.58. The molecule has 2 nitrogen and oxygen atoms in total. The highest BCUT2D eigenvalue weighted by Gasteiger charge is 2.50. The van der Waals surface area contributed by atoms with Crippen LogP contribution in [0.4, 0.5) is 0 Å². The third kappa shape index (κ3) is 2.15. The van der Waals surface area contributed by atoms with Crippen LogP contribution in [0.2, 0.25) is 0 Å². The van der Waals surface area contributed by atoms with Crippen molar-refractivity contribution < 1.29 is 0 Å². The first kappa shape index (κ1) is 12.6. The summed E-state index contributed by atoms with van der Waals surface area (Å²) in [5, 5.41) is 0. The van der Waals surface area contributed by atoms with Crippen LogP contribution in [0.1, 0.15) is 57.8 Å². The largest absolute Gasteiger partial charge is 0.329 e. The van der Waals surface area contributed by atoms with Gasteiger partial charge in [-0.2, -0.15) is 0 Å². The summed E-state index contributed by atoms with van der Waals surface area (Å²) in [5.74, 6) is 4.26. The van der Waals surface area contributed by atoms with Crippen molar-refractivity contribution in [1.82, 2.24) is 4.90 Å². The zero-order valence-electron chi connectivity index (χ0n) is 12.3. The molecular formula is C17H30N2. The Morgan fingerprint density at radius 1 is 0.842 bits per heavy atom. The van der Waals surface area contributed by atoms with Crippen molar-refractivity contribution >= 4 is 0 Å². The smallest absolute Gasteiger partial charge is 0.0156 e. The van der Waals surface area contributed by atoms with Crippen LogP contribution in [0.5, 0.6) is 0 Å². The molecule has 0 spiro atoms. The summed E-state index contributed by atoms with van der Waals surface area (Å²) in [7, 11) is 0. The minimum absolute atomic E-state index is 0.860.